The van der Waals surface area contributed by atoms with Crippen molar-refractivity contribution in [2.45, 2.75) is 6.92 Å². The minimum Gasteiger partial charge on any atom is -0.491 e. The summed E-state index contributed by atoms with van der Waals surface area (Å²) < 4.78 is 36.9. The molecule has 2 rings (SSSR count). The van der Waals surface area contributed by atoms with E-state index < -0.39 is 11.6 Å². The fourth-order valence-electron chi connectivity index (χ4n) is 1.46. The van der Waals surface area contributed by atoms with Gasteiger partial charge in [-0.25, -0.2) is 4.39 Å². The van der Waals surface area contributed by atoms with Crippen LogP contribution in [0, 0.1) is 11.6 Å². The number of nitrogens with two attached hydrogens (primary N) is 1. The molecule has 0 spiro atoms. The predicted octanol–water partition coefficient (Wildman–Crippen LogP) is 2.60. The molecule has 0 amide bonds. The van der Waals surface area contributed by atoms with Crippen LogP contribution in [0.15, 0.2) is 22.9 Å². The molecule has 2 N–H and O–H groups in total. The highest BCUT2D eigenvalue weighted by molar-refractivity contribution is 5.72. The second kappa shape index (κ2) is 4.40. The summed E-state index contributed by atoms with van der Waals surface area (Å²) in [5.41, 5.74) is 5.64. The van der Waals surface area contributed by atoms with E-state index in [0.29, 0.717) is 0 Å². The molecule has 0 bridgehead atoms. The molecular formula is C11H10F2N2O2. The van der Waals surface area contributed by atoms with E-state index in [-0.39, 0.29) is 29.4 Å². The van der Waals surface area contributed by atoms with Crippen molar-refractivity contribution in [3.8, 4) is 16.9 Å². The number of nitrogen functional groups attached to an aromatic ring is 1. The van der Waals surface area contributed by atoms with Crippen molar-refractivity contribution in [1.82, 2.24) is 5.16 Å². The Morgan fingerprint density at radius 1 is 1.29 bits per heavy atom. The summed E-state index contributed by atoms with van der Waals surface area (Å²) in [6.07, 6.45) is 1.23. The number of benzene rings is 1. The summed E-state index contributed by atoms with van der Waals surface area (Å²) in [6.45, 7) is 1.94. The molecule has 0 saturated heterocycles. The zero-order valence-electron chi connectivity index (χ0n) is 9.04. The van der Waals surface area contributed by atoms with Crippen LogP contribution in [0.1, 0.15) is 6.92 Å². The molecule has 6 heteroatoms. The summed E-state index contributed by atoms with van der Waals surface area (Å²) in [5, 5.41) is 3.41. The van der Waals surface area contributed by atoms with Gasteiger partial charge in [-0.05, 0) is 19.1 Å². The molecule has 0 aliphatic rings. The monoisotopic (exact) mass is 240 g/mol. The Balaban J connectivity index is 2.51. The third kappa shape index (κ3) is 1.93. The smallest absolute Gasteiger partial charge is 0.230 e. The molecular weight excluding hydrogens is 230 g/mol. The minimum absolute atomic E-state index is 0.00953. The molecule has 0 saturated carbocycles. The van der Waals surface area contributed by atoms with Gasteiger partial charge in [0, 0.05) is 5.56 Å². The summed E-state index contributed by atoms with van der Waals surface area (Å²) >= 11 is 0. The Morgan fingerprint density at radius 3 is 2.65 bits per heavy atom. The standard InChI is InChI=1S/C11H10F2N2O2/c1-2-16-8-4-3-6(9(12)10(8)13)7-5-15-17-11(7)14/h3-5H,2,14H2,1H3. The number of hydrogen-bond donors (Lipinski definition) is 1. The van der Waals surface area contributed by atoms with Crippen molar-refractivity contribution in [1.29, 1.82) is 0 Å². The first-order chi connectivity index (χ1) is 8.15. The molecule has 0 radical (unpaired) electrons. The normalized spacial score (nSPS) is 10.5. The van der Waals surface area contributed by atoms with Crippen molar-refractivity contribution in [3.63, 3.8) is 0 Å². The zero-order chi connectivity index (χ0) is 12.4. The Labute approximate surface area is 96.0 Å². The van der Waals surface area contributed by atoms with Gasteiger partial charge in [-0.3, -0.25) is 0 Å². The first kappa shape index (κ1) is 11.4. The molecule has 0 atom stereocenters. The Bertz CT molecular complexity index is 540. The number of nitrogens with zero attached hydrogens (tertiary/aromatic N) is 1. The number of ether oxygens (including phenoxy) is 1. The van der Waals surface area contributed by atoms with Crippen LogP contribution in [-0.4, -0.2) is 11.8 Å². The van der Waals surface area contributed by atoms with Crippen LogP contribution in [-0.2, 0) is 0 Å². The number of anilines is 1. The van der Waals surface area contributed by atoms with Crippen LogP contribution >= 0.6 is 0 Å². The zero-order valence-corrected chi connectivity index (χ0v) is 9.04. The largest absolute Gasteiger partial charge is 0.491 e. The first-order valence-corrected chi connectivity index (χ1v) is 4.96. The molecule has 4 nitrogen and oxygen atoms in total. The van der Waals surface area contributed by atoms with E-state index in [1.165, 1.54) is 18.3 Å². The van der Waals surface area contributed by atoms with Crippen molar-refractivity contribution in [3.05, 3.63) is 30.0 Å². The molecule has 0 fully saturated rings. The predicted molar refractivity (Wildman–Crippen MR) is 57.4 cm³/mol. The van der Waals surface area contributed by atoms with E-state index in [2.05, 4.69) is 9.68 Å². The summed E-state index contributed by atoms with van der Waals surface area (Å²) in [5.74, 6) is -2.29. The molecule has 1 heterocycles. The molecule has 0 aliphatic heterocycles. The molecule has 90 valence electrons. The third-order valence-electron chi connectivity index (χ3n) is 2.24. The van der Waals surface area contributed by atoms with E-state index in [4.69, 9.17) is 10.5 Å². The van der Waals surface area contributed by atoms with Gasteiger partial charge in [0.05, 0.1) is 18.4 Å². The van der Waals surface area contributed by atoms with Gasteiger partial charge in [0.2, 0.25) is 11.7 Å². The Hall–Kier alpha value is -2.11. The molecule has 1 aromatic carbocycles. The lowest BCUT2D eigenvalue weighted by Gasteiger charge is -2.07. The van der Waals surface area contributed by atoms with Crippen molar-refractivity contribution in [2.75, 3.05) is 12.3 Å². The van der Waals surface area contributed by atoms with Crippen molar-refractivity contribution >= 4 is 5.88 Å². The van der Waals surface area contributed by atoms with E-state index in [1.54, 1.807) is 6.92 Å². The van der Waals surface area contributed by atoms with Gasteiger partial charge in [-0.15, -0.1) is 0 Å². The number of halogens is 2. The lowest BCUT2D eigenvalue weighted by atomic mass is 10.1. The van der Waals surface area contributed by atoms with Gasteiger partial charge in [0.1, 0.15) is 0 Å². The van der Waals surface area contributed by atoms with Crippen molar-refractivity contribution < 1.29 is 18.0 Å². The van der Waals surface area contributed by atoms with Crippen LogP contribution in [0.3, 0.4) is 0 Å². The summed E-state index contributed by atoms with van der Waals surface area (Å²) in [4.78, 5) is 0. The lowest BCUT2D eigenvalue weighted by Crippen LogP contribution is -1.99. The van der Waals surface area contributed by atoms with Crippen LogP contribution in [0.2, 0.25) is 0 Å². The maximum atomic E-state index is 13.7. The molecule has 0 aliphatic carbocycles. The van der Waals surface area contributed by atoms with E-state index >= 15 is 0 Å². The van der Waals surface area contributed by atoms with Crippen LogP contribution < -0.4 is 10.5 Å². The second-order valence-corrected chi connectivity index (χ2v) is 3.28. The van der Waals surface area contributed by atoms with Gasteiger partial charge in [-0.2, -0.15) is 4.39 Å². The van der Waals surface area contributed by atoms with Crippen LogP contribution in [0.4, 0.5) is 14.7 Å². The molecule has 2 aromatic rings. The average Bonchev–Trinajstić information content (AvgIpc) is 2.72. The third-order valence-corrected chi connectivity index (χ3v) is 2.24. The molecule has 1 aromatic heterocycles. The number of aromatic nitrogens is 1. The second-order valence-electron chi connectivity index (χ2n) is 3.28. The average molecular weight is 240 g/mol. The SMILES string of the molecule is CCOc1ccc(-c2cnoc2N)c(F)c1F. The maximum absolute atomic E-state index is 13.7. The van der Waals surface area contributed by atoms with Crippen molar-refractivity contribution in [2.24, 2.45) is 0 Å². The minimum atomic E-state index is -1.05. The number of rotatable bonds is 3. The van der Waals surface area contributed by atoms with E-state index in [1.807, 2.05) is 0 Å². The first-order valence-electron chi connectivity index (χ1n) is 4.96. The highest BCUT2D eigenvalue weighted by atomic mass is 19.2. The summed E-state index contributed by atoms with van der Waals surface area (Å²) in [7, 11) is 0. The molecule has 17 heavy (non-hydrogen) atoms. The van der Waals surface area contributed by atoms with E-state index in [9.17, 15) is 8.78 Å². The highest BCUT2D eigenvalue weighted by Gasteiger charge is 2.18. The fraction of sp³-hybridized carbons (Fsp3) is 0.182. The van der Waals surface area contributed by atoms with Gasteiger partial charge in [-0.1, -0.05) is 5.16 Å². The van der Waals surface area contributed by atoms with E-state index in [0.717, 1.165) is 0 Å². The summed E-state index contributed by atoms with van der Waals surface area (Å²) in [6, 6.07) is 2.70. The van der Waals surface area contributed by atoms with Gasteiger partial charge < -0.3 is 15.0 Å². The Kier molecular flexibility index (Phi) is 2.95. The highest BCUT2D eigenvalue weighted by Crippen LogP contribution is 2.32. The quantitative estimate of drug-likeness (QED) is 0.895. The topological polar surface area (TPSA) is 61.3 Å². The molecule has 0 unspecified atom stereocenters. The number of hydrogen-bond acceptors (Lipinski definition) is 4. The van der Waals surface area contributed by atoms with Gasteiger partial charge >= 0.3 is 0 Å². The van der Waals surface area contributed by atoms with Gasteiger partial charge in [0.15, 0.2) is 11.6 Å². The van der Waals surface area contributed by atoms with Crippen LogP contribution in [0.5, 0.6) is 5.75 Å². The van der Waals surface area contributed by atoms with Gasteiger partial charge in [0.25, 0.3) is 0 Å². The Morgan fingerprint density at radius 2 is 2.06 bits per heavy atom. The maximum Gasteiger partial charge on any atom is 0.230 e. The van der Waals surface area contributed by atoms with Crippen LogP contribution in [0.25, 0.3) is 11.1 Å². The lowest BCUT2D eigenvalue weighted by molar-refractivity contribution is 0.314. The fourth-order valence-corrected chi connectivity index (χ4v) is 1.46.